The monoisotopic (exact) mass is 420 g/mol. The second-order valence-corrected chi connectivity index (χ2v) is 10.4. The Bertz CT molecular complexity index is 995. The summed E-state index contributed by atoms with van der Waals surface area (Å²) in [6, 6.07) is 13.3. The zero-order valence-electron chi connectivity index (χ0n) is 15.8. The van der Waals surface area contributed by atoms with Crippen LogP contribution >= 0.6 is 15.9 Å². The highest BCUT2D eigenvalue weighted by atomic mass is 79.9. The molecule has 0 aliphatic heterocycles. The van der Waals surface area contributed by atoms with Gasteiger partial charge in [0.25, 0.3) is 0 Å². The molecule has 138 valence electrons. The molecular weight excluding hydrogens is 396 g/mol. The van der Waals surface area contributed by atoms with Gasteiger partial charge < -0.3 is 4.98 Å². The molecule has 4 saturated carbocycles. The predicted octanol–water partition coefficient (Wildman–Crippen LogP) is 6.77. The Morgan fingerprint density at radius 3 is 2.22 bits per heavy atom. The summed E-state index contributed by atoms with van der Waals surface area (Å²) in [6.07, 6.45) is 8.74. The molecule has 1 aromatic heterocycles. The molecule has 0 saturated heterocycles. The van der Waals surface area contributed by atoms with Crippen LogP contribution in [0.1, 0.15) is 49.7 Å². The molecule has 4 fully saturated rings. The maximum atomic E-state index is 4.93. The molecule has 0 radical (unpaired) electrons. The van der Waals surface area contributed by atoms with Crippen LogP contribution in [-0.2, 0) is 5.41 Å². The maximum Gasteiger partial charge on any atom is 0.138 e. The minimum atomic E-state index is 0.441. The smallest absolute Gasteiger partial charge is 0.138 e. The number of hydrogen-bond donors (Lipinski definition) is 1. The van der Waals surface area contributed by atoms with Gasteiger partial charge in [0.15, 0.2) is 0 Å². The molecule has 4 aliphatic carbocycles. The van der Waals surface area contributed by atoms with E-state index in [1.807, 2.05) is 0 Å². The van der Waals surface area contributed by atoms with Gasteiger partial charge in [-0.25, -0.2) is 4.98 Å². The molecule has 0 atom stereocenters. The van der Waals surface area contributed by atoms with Crippen LogP contribution in [0.3, 0.4) is 0 Å². The van der Waals surface area contributed by atoms with Crippen molar-refractivity contribution in [3.05, 3.63) is 52.0 Å². The first kappa shape index (κ1) is 16.4. The van der Waals surface area contributed by atoms with Crippen LogP contribution in [0.4, 0.5) is 0 Å². The van der Waals surface area contributed by atoms with Crippen LogP contribution in [0, 0.1) is 24.7 Å². The number of imidazole rings is 1. The second kappa shape index (κ2) is 5.70. The fourth-order valence-electron chi connectivity index (χ4n) is 6.81. The van der Waals surface area contributed by atoms with Gasteiger partial charge in [0, 0.05) is 10.0 Å². The molecule has 0 amide bonds. The summed E-state index contributed by atoms with van der Waals surface area (Å²) < 4.78 is 1.10. The molecular formula is C24H25BrN2. The van der Waals surface area contributed by atoms with Crippen LogP contribution in [0.2, 0.25) is 0 Å². The number of nitrogens with one attached hydrogen (secondary N) is 1. The van der Waals surface area contributed by atoms with Crippen molar-refractivity contribution in [3.63, 3.8) is 0 Å². The van der Waals surface area contributed by atoms with Crippen molar-refractivity contribution < 1.29 is 0 Å². The molecule has 3 heteroatoms. The Morgan fingerprint density at radius 1 is 0.963 bits per heavy atom. The number of aromatic nitrogens is 2. The fraction of sp³-hybridized carbons (Fsp3) is 0.458. The highest BCUT2D eigenvalue weighted by molar-refractivity contribution is 9.10. The molecule has 7 rings (SSSR count). The topological polar surface area (TPSA) is 28.7 Å². The van der Waals surface area contributed by atoms with Gasteiger partial charge in [0.05, 0.1) is 11.0 Å². The van der Waals surface area contributed by atoms with Gasteiger partial charge in [-0.2, -0.15) is 0 Å². The van der Waals surface area contributed by atoms with Gasteiger partial charge in [-0.05, 0) is 97.9 Å². The van der Waals surface area contributed by atoms with Crippen molar-refractivity contribution in [1.82, 2.24) is 9.97 Å². The van der Waals surface area contributed by atoms with Crippen molar-refractivity contribution in [2.75, 3.05) is 0 Å². The van der Waals surface area contributed by atoms with Gasteiger partial charge >= 0.3 is 0 Å². The minimum Gasteiger partial charge on any atom is -0.338 e. The first-order valence-corrected chi connectivity index (χ1v) is 11.1. The van der Waals surface area contributed by atoms with E-state index in [1.165, 1.54) is 49.6 Å². The summed E-state index contributed by atoms with van der Waals surface area (Å²) in [5, 5.41) is 0. The van der Waals surface area contributed by atoms with Gasteiger partial charge in [0.1, 0.15) is 5.82 Å². The predicted molar refractivity (Wildman–Crippen MR) is 114 cm³/mol. The van der Waals surface area contributed by atoms with E-state index in [1.54, 1.807) is 5.56 Å². The fourth-order valence-corrected chi connectivity index (χ4v) is 7.07. The highest BCUT2D eigenvalue weighted by Crippen LogP contribution is 2.60. The minimum absolute atomic E-state index is 0.441. The number of hydrogen-bond acceptors (Lipinski definition) is 1. The van der Waals surface area contributed by atoms with Gasteiger partial charge in [-0.1, -0.05) is 34.1 Å². The van der Waals surface area contributed by atoms with Crippen molar-refractivity contribution in [3.8, 4) is 11.4 Å². The highest BCUT2D eigenvalue weighted by Gasteiger charge is 2.51. The molecule has 27 heavy (non-hydrogen) atoms. The normalized spacial score (nSPS) is 31.7. The first-order valence-electron chi connectivity index (χ1n) is 10.3. The molecule has 0 spiro atoms. The van der Waals surface area contributed by atoms with E-state index in [9.17, 15) is 0 Å². The molecule has 0 unspecified atom stereocenters. The maximum absolute atomic E-state index is 4.93. The summed E-state index contributed by atoms with van der Waals surface area (Å²) >= 11 is 3.52. The zero-order valence-corrected chi connectivity index (χ0v) is 17.3. The van der Waals surface area contributed by atoms with Crippen LogP contribution < -0.4 is 0 Å². The average molecular weight is 421 g/mol. The Labute approximate surface area is 168 Å². The Morgan fingerprint density at radius 2 is 1.59 bits per heavy atom. The van der Waals surface area contributed by atoms with Crippen molar-refractivity contribution in [2.24, 2.45) is 17.8 Å². The molecule has 2 nitrogen and oxygen atoms in total. The SMILES string of the molecule is Cc1cc(C23CC4CC(CC(C4)C2)C3)cc2[nH]c(-c3ccc(Br)cc3)nc12. The van der Waals surface area contributed by atoms with Gasteiger partial charge in [0.2, 0.25) is 0 Å². The molecule has 1 N–H and O–H groups in total. The van der Waals surface area contributed by atoms with E-state index in [4.69, 9.17) is 4.98 Å². The quantitative estimate of drug-likeness (QED) is 0.486. The first-order chi connectivity index (χ1) is 13.1. The number of rotatable bonds is 2. The number of halogens is 1. The number of fused-ring (bicyclic) bond motifs is 1. The third-order valence-corrected chi connectivity index (χ3v) is 8.07. The van der Waals surface area contributed by atoms with E-state index in [0.29, 0.717) is 5.41 Å². The lowest BCUT2D eigenvalue weighted by atomic mass is 9.48. The number of nitrogens with zero attached hydrogens (tertiary/aromatic N) is 1. The average Bonchev–Trinajstić information content (AvgIpc) is 3.06. The lowest BCUT2D eigenvalue weighted by Crippen LogP contribution is -2.48. The van der Waals surface area contributed by atoms with Crippen molar-refractivity contribution >= 4 is 27.0 Å². The number of H-pyrrole nitrogens is 1. The Hall–Kier alpha value is -1.61. The van der Waals surface area contributed by atoms with E-state index in [-0.39, 0.29) is 0 Å². The third kappa shape index (κ3) is 2.54. The van der Waals surface area contributed by atoms with Crippen LogP contribution in [-0.4, -0.2) is 9.97 Å². The van der Waals surface area contributed by atoms with E-state index < -0.39 is 0 Å². The lowest BCUT2D eigenvalue weighted by Gasteiger charge is -2.57. The summed E-state index contributed by atoms with van der Waals surface area (Å²) in [4.78, 5) is 8.55. The second-order valence-electron chi connectivity index (χ2n) is 9.48. The van der Waals surface area contributed by atoms with Crippen LogP contribution in [0.5, 0.6) is 0 Å². The zero-order chi connectivity index (χ0) is 18.2. The molecule has 2 aromatic carbocycles. The standard InChI is InChI=1S/C24H25BrN2/c1-14-6-19(24-11-15-7-16(12-24)9-17(8-15)13-24)10-21-22(14)27-23(26-21)18-2-4-20(25)5-3-18/h2-6,10,15-17H,7-9,11-13H2,1H3,(H,26,27). The van der Waals surface area contributed by atoms with Gasteiger partial charge in [-0.3, -0.25) is 0 Å². The molecule has 3 aromatic rings. The molecule has 1 heterocycles. The van der Waals surface area contributed by atoms with E-state index >= 15 is 0 Å². The number of aromatic amines is 1. The van der Waals surface area contributed by atoms with E-state index in [0.717, 1.165) is 39.1 Å². The van der Waals surface area contributed by atoms with Crippen molar-refractivity contribution in [1.29, 1.82) is 0 Å². The van der Waals surface area contributed by atoms with Crippen LogP contribution in [0.15, 0.2) is 40.9 Å². The summed E-state index contributed by atoms with van der Waals surface area (Å²) in [6.45, 7) is 2.23. The molecule has 4 bridgehead atoms. The van der Waals surface area contributed by atoms with Crippen molar-refractivity contribution in [2.45, 2.75) is 50.9 Å². The number of benzene rings is 2. The van der Waals surface area contributed by atoms with Gasteiger partial charge in [-0.15, -0.1) is 0 Å². The van der Waals surface area contributed by atoms with Crippen LogP contribution in [0.25, 0.3) is 22.4 Å². The summed E-state index contributed by atoms with van der Waals surface area (Å²) in [7, 11) is 0. The number of aryl methyl sites for hydroxylation is 1. The Balaban J connectivity index is 1.45. The Kier molecular flexibility index (Phi) is 3.45. The third-order valence-electron chi connectivity index (χ3n) is 7.55. The summed E-state index contributed by atoms with van der Waals surface area (Å²) in [5.41, 5.74) is 6.82. The van der Waals surface area contributed by atoms with E-state index in [2.05, 4.69) is 64.2 Å². The molecule has 4 aliphatic rings. The lowest BCUT2D eigenvalue weighted by molar-refractivity contribution is -0.00515. The summed E-state index contributed by atoms with van der Waals surface area (Å²) in [5.74, 6) is 3.91. The largest absolute Gasteiger partial charge is 0.338 e.